The standard InChI is InChI=1S/C26H19Cl3N2O5/c1-14-4-3-5-15(8-14)13-36-23-21(29)10-16(11-22(23)35-2)9-18-24(32)30-26(34)31(25(18)33)17-6-7-19(27)20(28)12-17/h3-12H,13H2,1-2H3,(H,30,32,34)/b18-9+. The number of anilines is 1. The van der Waals surface area contributed by atoms with Crippen LogP contribution in [0, 0.1) is 6.92 Å². The highest BCUT2D eigenvalue weighted by Crippen LogP contribution is 2.38. The van der Waals surface area contributed by atoms with E-state index in [1.807, 2.05) is 31.2 Å². The Balaban J connectivity index is 1.65. The number of nitrogens with one attached hydrogen (secondary N) is 1. The minimum atomic E-state index is -0.906. The Bertz CT molecular complexity index is 1420. The molecule has 7 nitrogen and oxygen atoms in total. The molecule has 1 heterocycles. The summed E-state index contributed by atoms with van der Waals surface area (Å²) in [6, 6.07) is 14.3. The summed E-state index contributed by atoms with van der Waals surface area (Å²) in [6.07, 6.45) is 1.31. The van der Waals surface area contributed by atoms with Crippen molar-refractivity contribution < 1.29 is 23.9 Å². The molecular formula is C26H19Cl3N2O5. The summed E-state index contributed by atoms with van der Waals surface area (Å²) in [6.45, 7) is 2.25. The molecule has 10 heteroatoms. The van der Waals surface area contributed by atoms with Gasteiger partial charge in [0, 0.05) is 0 Å². The van der Waals surface area contributed by atoms with Gasteiger partial charge >= 0.3 is 6.03 Å². The topological polar surface area (TPSA) is 84.9 Å². The van der Waals surface area contributed by atoms with Gasteiger partial charge in [-0.25, -0.2) is 9.69 Å². The first kappa shape index (κ1) is 25.6. The summed E-state index contributed by atoms with van der Waals surface area (Å²) in [5.74, 6) is -1.06. The van der Waals surface area contributed by atoms with Gasteiger partial charge in [0.2, 0.25) is 0 Å². The number of halogens is 3. The molecule has 4 amide bonds. The van der Waals surface area contributed by atoms with Gasteiger partial charge in [-0.1, -0.05) is 64.6 Å². The number of ether oxygens (including phenoxy) is 2. The largest absolute Gasteiger partial charge is 0.493 e. The summed E-state index contributed by atoms with van der Waals surface area (Å²) < 4.78 is 11.3. The third kappa shape index (κ3) is 5.33. The summed E-state index contributed by atoms with van der Waals surface area (Å²) >= 11 is 18.4. The maximum Gasteiger partial charge on any atom is 0.335 e. The molecule has 0 spiro atoms. The Morgan fingerprint density at radius 2 is 1.72 bits per heavy atom. The molecule has 184 valence electrons. The number of urea groups is 1. The third-order valence-corrected chi connectivity index (χ3v) is 6.31. The van der Waals surface area contributed by atoms with Gasteiger partial charge in [0.15, 0.2) is 11.5 Å². The molecule has 3 aromatic carbocycles. The Morgan fingerprint density at radius 1 is 0.944 bits per heavy atom. The summed E-state index contributed by atoms with van der Waals surface area (Å²) in [5, 5.41) is 2.77. The van der Waals surface area contributed by atoms with Crippen LogP contribution in [0.25, 0.3) is 6.08 Å². The first-order valence-electron chi connectivity index (χ1n) is 10.6. The number of carbonyl (C=O) groups is 3. The average molecular weight is 546 g/mol. The number of nitrogens with zero attached hydrogens (tertiary/aromatic N) is 1. The van der Waals surface area contributed by atoms with E-state index in [0.717, 1.165) is 16.0 Å². The first-order chi connectivity index (χ1) is 17.2. The second-order valence-electron chi connectivity index (χ2n) is 7.87. The van der Waals surface area contributed by atoms with Gasteiger partial charge in [0.1, 0.15) is 12.2 Å². The molecular weight excluding hydrogens is 527 g/mol. The number of hydrogen-bond donors (Lipinski definition) is 1. The SMILES string of the molecule is COc1cc(/C=C2\C(=O)NC(=O)N(c3ccc(Cl)c(Cl)c3)C2=O)cc(Cl)c1OCc1cccc(C)c1. The van der Waals surface area contributed by atoms with Crippen LogP contribution in [0.4, 0.5) is 10.5 Å². The van der Waals surface area contributed by atoms with Crippen molar-refractivity contribution in [3.63, 3.8) is 0 Å². The Labute approximate surface area is 222 Å². The molecule has 0 radical (unpaired) electrons. The molecule has 0 bridgehead atoms. The minimum absolute atomic E-state index is 0.148. The highest BCUT2D eigenvalue weighted by atomic mass is 35.5. The first-order valence-corrected chi connectivity index (χ1v) is 11.7. The molecule has 1 aliphatic rings. The van der Waals surface area contributed by atoms with Crippen LogP contribution in [0.5, 0.6) is 11.5 Å². The normalized spacial score (nSPS) is 14.8. The molecule has 3 aromatic rings. The zero-order valence-corrected chi connectivity index (χ0v) is 21.4. The predicted octanol–water partition coefficient (Wildman–Crippen LogP) is 6.21. The van der Waals surface area contributed by atoms with Gasteiger partial charge in [-0.05, 0) is 54.5 Å². The second-order valence-corrected chi connectivity index (χ2v) is 9.09. The van der Waals surface area contributed by atoms with Gasteiger partial charge in [-0.3, -0.25) is 14.9 Å². The summed E-state index contributed by atoms with van der Waals surface area (Å²) in [7, 11) is 1.45. The molecule has 0 aromatic heterocycles. The maximum absolute atomic E-state index is 13.2. The number of rotatable bonds is 6. The molecule has 1 aliphatic heterocycles. The fourth-order valence-electron chi connectivity index (χ4n) is 3.60. The lowest BCUT2D eigenvalue weighted by Gasteiger charge is -2.26. The number of benzene rings is 3. The van der Waals surface area contributed by atoms with Crippen molar-refractivity contribution >= 4 is 64.4 Å². The number of imide groups is 2. The molecule has 4 rings (SSSR count). The van der Waals surface area contributed by atoms with E-state index in [2.05, 4.69) is 5.32 Å². The van der Waals surface area contributed by atoms with Crippen molar-refractivity contribution in [1.82, 2.24) is 5.32 Å². The van der Waals surface area contributed by atoms with E-state index in [-0.39, 0.29) is 32.9 Å². The number of amides is 4. The highest BCUT2D eigenvalue weighted by molar-refractivity contribution is 6.43. The van der Waals surface area contributed by atoms with Gasteiger partial charge in [-0.15, -0.1) is 0 Å². The molecule has 0 saturated carbocycles. The van der Waals surface area contributed by atoms with Crippen LogP contribution in [0.15, 0.2) is 60.2 Å². The summed E-state index contributed by atoms with van der Waals surface area (Å²) in [4.78, 5) is 38.9. The van der Waals surface area contributed by atoms with E-state index in [9.17, 15) is 14.4 Å². The lowest BCUT2D eigenvalue weighted by atomic mass is 10.1. The quantitative estimate of drug-likeness (QED) is 0.294. The van der Waals surface area contributed by atoms with Crippen molar-refractivity contribution in [3.8, 4) is 11.5 Å². The van der Waals surface area contributed by atoms with Gasteiger partial charge < -0.3 is 9.47 Å². The van der Waals surface area contributed by atoms with Crippen LogP contribution >= 0.6 is 34.8 Å². The van der Waals surface area contributed by atoms with E-state index in [1.54, 1.807) is 6.07 Å². The van der Waals surface area contributed by atoms with Crippen molar-refractivity contribution in [3.05, 3.63) is 91.9 Å². The van der Waals surface area contributed by atoms with Crippen LogP contribution in [0.1, 0.15) is 16.7 Å². The Kier molecular flexibility index (Phi) is 7.54. The lowest BCUT2D eigenvalue weighted by Crippen LogP contribution is -2.54. The number of methoxy groups -OCH3 is 1. The van der Waals surface area contributed by atoms with Gasteiger partial charge in [0.25, 0.3) is 11.8 Å². The fraction of sp³-hybridized carbons (Fsp3) is 0.115. The highest BCUT2D eigenvalue weighted by Gasteiger charge is 2.37. The zero-order chi connectivity index (χ0) is 26.0. The van der Waals surface area contributed by atoms with Gasteiger partial charge in [-0.2, -0.15) is 0 Å². The lowest BCUT2D eigenvalue weighted by molar-refractivity contribution is -0.122. The van der Waals surface area contributed by atoms with E-state index in [4.69, 9.17) is 44.3 Å². The van der Waals surface area contributed by atoms with Crippen molar-refractivity contribution in [2.45, 2.75) is 13.5 Å². The van der Waals surface area contributed by atoms with Crippen molar-refractivity contribution in [2.24, 2.45) is 0 Å². The fourth-order valence-corrected chi connectivity index (χ4v) is 4.17. The molecule has 0 atom stereocenters. The average Bonchev–Trinajstić information content (AvgIpc) is 2.83. The molecule has 0 unspecified atom stereocenters. The minimum Gasteiger partial charge on any atom is -0.493 e. The van der Waals surface area contributed by atoms with Crippen LogP contribution in [0.3, 0.4) is 0 Å². The molecule has 0 aliphatic carbocycles. The Hall–Kier alpha value is -3.52. The van der Waals surface area contributed by atoms with Crippen LogP contribution in [0.2, 0.25) is 15.1 Å². The smallest absolute Gasteiger partial charge is 0.335 e. The monoisotopic (exact) mass is 544 g/mol. The summed E-state index contributed by atoms with van der Waals surface area (Å²) in [5.41, 5.74) is 2.31. The molecule has 36 heavy (non-hydrogen) atoms. The van der Waals surface area contributed by atoms with Crippen molar-refractivity contribution in [1.29, 1.82) is 0 Å². The van der Waals surface area contributed by atoms with Crippen molar-refractivity contribution in [2.75, 3.05) is 12.0 Å². The van der Waals surface area contributed by atoms with Crippen LogP contribution < -0.4 is 19.7 Å². The number of carbonyl (C=O) groups excluding carboxylic acids is 3. The molecule has 1 N–H and O–H groups in total. The molecule has 1 saturated heterocycles. The number of hydrogen-bond acceptors (Lipinski definition) is 5. The van der Waals surface area contributed by atoms with E-state index in [1.165, 1.54) is 37.5 Å². The van der Waals surface area contributed by atoms with Crippen LogP contribution in [-0.4, -0.2) is 25.0 Å². The van der Waals surface area contributed by atoms with E-state index in [0.29, 0.717) is 17.1 Å². The third-order valence-electron chi connectivity index (χ3n) is 5.29. The number of barbiturate groups is 1. The number of aryl methyl sites for hydroxylation is 1. The van der Waals surface area contributed by atoms with E-state index < -0.39 is 17.8 Å². The maximum atomic E-state index is 13.2. The Morgan fingerprint density at radius 3 is 2.42 bits per heavy atom. The zero-order valence-electron chi connectivity index (χ0n) is 19.1. The molecule has 1 fully saturated rings. The predicted molar refractivity (Wildman–Crippen MR) is 139 cm³/mol. The van der Waals surface area contributed by atoms with Gasteiger partial charge in [0.05, 0.1) is 27.9 Å². The second kappa shape index (κ2) is 10.6. The van der Waals surface area contributed by atoms with E-state index >= 15 is 0 Å². The van der Waals surface area contributed by atoms with Crippen LogP contribution in [-0.2, 0) is 16.2 Å².